The summed E-state index contributed by atoms with van der Waals surface area (Å²) in [5.41, 5.74) is 0.912. The first-order valence-corrected chi connectivity index (χ1v) is 5.43. The maximum Gasteiger partial charge on any atom is 0.234 e. The molecule has 0 bridgehead atoms. The Morgan fingerprint density at radius 2 is 2.31 bits per heavy atom. The van der Waals surface area contributed by atoms with Gasteiger partial charge in [0.05, 0.1) is 6.54 Å². The third-order valence-electron chi connectivity index (χ3n) is 2.95. The monoisotopic (exact) mass is 222 g/mol. The van der Waals surface area contributed by atoms with Crippen molar-refractivity contribution in [3.05, 3.63) is 35.6 Å². The van der Waals surface area contributed by atoms with E-state index in [4.69, 9.17) is 0 Å². The maximum atomic E-state index is 13.1. The van der Waals surface area contributed by atoms with Crippen LogP contribution in [0.4, 0.5) is 4.39 Å². The normalized spacial score (nSPS) is 19.2. The molecule has 0 spiro atoms. The van der Waals surface area contributed by atoms with Crippen LogP contribution in [0, 0.1) is 5.82 Å². The summed E-state index contributed by atoms with van der Waals surface area (Å²) in [6.07, 6.45) is 0. The van der Waals surface area contributed by atoms with Gasteiger partial charge in [-0.1, -0.05) is 12.1 Å². The van der Waals surface area contributed by atoms with Crippen LogP contribution in [0.25, 0.3) is 0 Å². The van der Waals surface area contributed by atoms with Crippen LogP contribution in [0.5, 0.6) is 0 Å². The van der Waals surface area contributed by atoms with Crippen molar-refractivity contribution in [3.8, 4) is 0 Å². The van der Waals surface area contributed by atoms with E-state index in [-0.39, 0.29) is 17.8 Å². The van der Waals surface area contributed by atoms with Gasteiger partial charge in [-0.25, -0.2) is 4.39 Å². The molecule has 1 atom stereocenters. The molecule has 1 aromatic rings. The highest BCUT2D eigenvalue weighted by atomic mass is 19.1. The molecule has 16 heavy (non-hydrogen) atoms. The zero-order chi connectivity index (χ0) is 11.5. The summed E-state index contributed by atoms with van der Waals surface area (Å²) in [6, 6.07) is 6.61. The van der Waals surface area contributed by atoms with Gasteiger partial charge >= 0.3 is 0 Å². The van der Waals surface area contributed by atoms with Crippen molar-refractivity contribution >= 4 is 5.91 Å². The highest BCUT2D eigenvalue weighted by molar-refractivity contribution is 5.78. The van der Waals surface area contributed by atoms with Gasteiger partial charge in [-0.3, -0.25) is 9.69 Å². The molecule has 0 aromatic heterocycles. The van der Waals surface area contributed by atoms with Crippen molar-refractivity contribution in [1.82, 2.24) is 10.2 Å². The molecule has 1 fully saturated rings. The molecule has 1 aromatic carbocycles. The van der Waals surface area contributed by atoms with Crippen molar-refractivity contribution in [3.63, 3.8) is 0 Å². The third kappa shape index (κ3) is 2.39. The van der Waals surface area contributed by atoms with Gasteiger partial charge in [0.15, 0.2) is 0 Å². The molecule has 3 nitrogen and oxygen atoms in total. The second-order valence-electron chi connectivity index (χ2n) is 4.05. The minimum atomic E-state index is -0.231. The van der Waals surface area contributed by atoms with E-state index in [1.165, 1.54) is 12.1 Å². The van der Waals surface area contributed by atoms with Crippen molar-refractivity contribution in [1.29, 1.82) is 0 Å². The summed E-state index contributed by atoms with van der Waals surface area (Å²) in [7, 11) is 0. The lowest BCUT2D eigenvalue weighted by Gasteiger charge is -2.32. The van der Waals surface area contributed by atoms with Crippen LogP contribution in [0.2, 0.25) is 0 Å². The molecule has 4 heteroatoms. The Hall–Kier alpha value is -1.42. The van der Waals surface area contributed by atoms with Crippen LogP contribution in [0.3, 0.4) is 0 Å². The summed E-state index contributed by atoms with van der Waals surface area (Å²) in [5, 5.41) is 2.78. The predicted octanol–water partition coefficient (Wildman–Crippen LogP) is 1.32. The summed E-state index contributed by atoms with van der Waals surface area (Å²) in [6.45, 7) is 3.85. The molecule has 86 valence electrons. The average Bonchev–Trinajstić information content (AvgIpc) is 2.28. The lowest BCUT2D eigenvalue weighted by atomic mass is 10.1. The van der Waals surface area contributed by atoms with Gasteiger partial charge in [0.25, 0.3) is 0 Å². The summed E-state index contributed by atoms with van der Waals surface area (Å²) in [5.74, 6) is -0.194. The molecular formula is C12H15FN2O. The van der Waals surface area contributed by atoms with Gasteiger partial charge in [-0.15, -0.1) is 0 Å². The van der Waals surface area contributed by atoms with Gasteiger partial charge in [0, 0.05) is 19.1 Å². The highest BCUT2D eigenvalue weighted by Crippen LogP contribution is 2.20. The number of hydrogen-bond donors (Lipinski definition) is 1. The molecule has 0 saturated carbocycles. The lowest BCUT2D eigenvalue weighted by Crippen LogP contribution is -2.48. The Balaban J connectivity index is 2.12. The standard InChI is InChI=1S/C12H15FN2O/c1-9(10-3-2-4-11(13)7-10)15-6-5-14-12(16)8-15/h2-4,7,9H,5-6,8H2,1H3,(H,14,16). The molecule has 1 unspecified atom stereocenters. The van der Waals surface area contributed by atoms with Crippen molar-refractivity contribution < 1.29 is 9.18 Å². The van der Waals surface area contributed by atoms with E-state index in [1.54, 1.807) is 6.07 Å². The zero-order valence-electron chi connectivity index (χ0n) is 9.24. The van der Waals surface area contributed by atoms with Crippen LogP contribution in [-0.4, -0.2) is 30.4 Å². The van der Waals surface area contributed by atoms with Crippen LogP contribution in [0.15, 0.2) is 24.3 Å². The molecule has 1 amide bonds. The van der Waals surface area contributed by atoms with E-state index >= 15 is 0 Å². The molecule has 1 saturated heterocycles. The van der Waals surface area contributed by atoms with Gasteiger partial charge in [0.2, 0.25) is 5.91 Å². The van der Waals surface area contributed by atoms with Crippen LogP contribution < -0.4 is 5.32 Å². The molecular weight excluding hydrogens is 207 g/mol. The second kappa shape index (κ2) is 4.61. The van der Waals surface area contributed by atoms with Gasteiger partial charge in [-0.05, 0) is 24.6 Å². The second-order valence-corrected chi connectivity index (χ2v) is 4.05. The number of piperazine rings is 1. The van der Waals surface area contributed by atoms with Gasteiger partial charge in [0.1, 0.15) is 5.82 Å². The van der Waals surface area contributed by atoms with E-state index in [0.717, 1.165) is 12.1 Å². The summed E-state index contributed by atoms with van der Waals surface area (Å²) in [4.78, 5) is 13.3. The summed E-state index contributed by atoms with van der Waals surface area (Å²) >= 11 is 0. The number of nitrogens with zero attached hydrogens (tertiary/aromatic N) is 1. The molecule has 1 aliphatic heterocycles. The SMILES string of the molecule is CC(c1cccc(F)c1)N1CCNC(=O)C1. The fourth-order valence-electron chi connectivity index (χ4n) is 1.97. The van der Waals surface area contributed by atoms with Crippen LogP contribution in [-0.2, 0) is 4.79 Å². The largest absolute Gasteiger partial charge is 0.354 e. The number of amides is 1. The van der Waals surface area contributed by atoms with E-state index < -0.39 is 0 Å². The van der Waals surface area contributed by atoms with E-state index in [1.807, 2.05) is 17.9 Å². The minimum Gasteiger partial charge on any atom is -0.354 e. The number of rotatable bonds is 2. The molecule has 0 aliphatic carbocycles. The fourth-order valence-corrected chi connectivity index (χ4v) is 1.97. The van der Waals surface area contributed by atoms with Crippen LogP contribution >= 0.6 is 0 Å². The van der Waals surface area contributed by atoms with Crippen molar-refractivity contribution in [2.24, 2.45) is 0 Å². The number of benzene rings is 1. The Morgan fingerprint density at radius 3 is 3.00 bits per heavy atom. The molecule has 1 aliphatic rings. The first-order valence-electron chi connectivity index (χ1n) is 5.43. The maximum absolute atomic E-state index is 13.1. The number of halogens is 1. The molecule has 2 rings (SSSR count). The van der Waals surface area contributed by atoms with E-state index in [0.29, 0.717) is 13.1 Å². The van der Waals surface area contributed by atoms with Crippen LogP contribution in [0.1, 0.15) is 18.5 Å². The Morgan fingerprint density at radius 1 is 1.50 bits per heavy atom. The molecule has 1 N–H and O–H groups in total. The van der Waals surface area contributed by atoms with E-state index in [9.17, 15) is 9.18 Å². The van der Waals surface area contributed by atoms with Crippen molar-refractivity contribution in [2.45, 2.75) is 13.0 Å². The number of carbonyl (C=O) groups excluding carboxylic acids is 1. The smallest absolute Gasteiger partial charge is 0.234 e. The number of hydrogen-bond acceptors (Lipinski definition) is 2. The fraction of sp³-hybridized carbons (Fsp3) is 0.417. The third-order valence-corrected chi connectivity index (χ3v) is 2.95. The van der Waals surface area contributed by atoms with Gasteiger partial charge in [-0.2, -0.15) is 0 Å². The predicted molar refractivity (Wildman–Crippen MR) is 59.4 cm³/mol. The number of carbonyl (C=O) groups is 1. The zero-order valence-corrected chi connectivity index (χ0v) is 9.24. The topological polar surface area (TPSA) is 32.3 Å². The lowest BCUT2D eigenvalue weighted by molar-refractivity contribution is -0.124. The molecule has 1 heterocycles. The van der Waals surface area contributed by atoms with Gasteiger partial charge < -0.3 is 5.32 Å². The Labute approximate surface area is 94.3 Å². The van der Waals surface area contributed by atoms with E-state index in [2.05, 4.69) is 5.32 Å². The Bertz CT molecular complexity index is 394. The molecule has 0 radical (unpaired) electrons. The quantitative estimate of drug-likeness (QED) is 0.818. The minimum absolute atomic E-state index is 0.0366. The Kier molecular flexibility index (Phi) is 3.19. The first kappa shape index (κ1) is 11.1. The van der Waals surface area contributed by atoms with Crippen molar-refractivity contribution in [2.75, 3.05) is 19.6 Å². The summed E-state index contributed by atoms with van der Waals surface area (Å²) < 4.78 is 13.1. The number of nitrogens with one attached hydrogen (secondary N) is 1. The highest BCUT2D eigenvalue weighted by Gasteiger charge is 2.22. The average molecular weight is 222 g/mol. The first-order chi connectivity index (χ1) is 7.66.